The highest BCUT2D eigenvalue weighted by Gasteiger charge is 2.24. The van der Waals surface area contributed by atoms with E-state index in [9.17, 15) is 8.42 Å². The van der Waals surface area contributed by atoms with Gasteiger partial charge in [0.1, 0.15) is 0 Å². The summed E-state index contributed by atoms with van der Waals surface area (Å²) < 4.78 is 24.3. The number of piperidine rings is 1. The topological polar surface area (TPSA) is 73.2 Å². The monoisotopic (exact) mass is 287 g/mol. The largest absolute Gasteiger partial charge is 0.314 e. The number of hydrogen-bond acceptors (Lipinski definition) is 4. The van der Waals surface area contributed by atoms with Crippen molar-refractivity contribution in [2.45, 2.75) is 45.6 Å². The SMILES string of the molecule is CC(C)(C#N)CCCNC1CCN(S(C)(=O)=O)CC1. The van der Waals surface area contributed by atoms with Gasteiger partial charge in [0, 0.05) is 19.1 Å². The van der Waals surface area contributed by atoms with E-state index in [0.717, 1.165) is 32.2 Å². The van der Waals surface area contributed by atoms with Crippen LogP contribution in [0.4, 0.5) is 0 Å². The maximum atomic E-state index is 11.4. The maximum absolute atomic E-state index is 11.4. The number of nitrogens with one attached hydrogen (secondary N) is 1. The number of rotatable bonds is 6. The van der Waals surface area contributed by atoms with Crippen molar-refractivity contribution < 1.29 is 8.42 Å². The van der Waals surface area contributed by atoms with Gasteiger partial charge in [0.15, 0.2) is 0 Å². The second kappa shape index (κ2) is 6.69. The molecule has 0 aromatic heterocycles. The van der Waals surface area contributed by atoms with Gasteiger partial charge in [0.2, 0.25) is 10.0 Å². The van der Waals surface area contributed by atoms with Gasteiger partial charge in [-0.15, -0.1) is 0 Å². The molecule has 1 N–H and O–H groups in total. The average Bonchev–Trinajstić information content (AvgIpc) is 2.34. The minimum absolute atomic E-state index is 0.249. The van der Waals surface area contributed by atoms with E-state index in [0.29, 0.717) is 19.1 Å². The second-order valence-electron chi connectivity index (χ2n) is 5.99. The molecule has 0 aliphatic carbocycles. The Labute approximate surface area is 117 Å². The van der Waals surface area contributed by atoms with Crippen LogP contribution in [0, 0.1) is 16.7 Å². The summed E-state index contributed by atoms with van der Waals surface area (Å²) in [5.74, 6) is 0. The first-order chi connectivity index (χ1) is 8.74. The van der Waals surface area contributed by atoms with Crippen LogP contribution in [0.15, 0.2) is 0 Å². The Morgan fingerprint density at radius 3 is 2.42 bits per heavy atom. The lowest BCUT2D eigenvalue weighted by atomic mass is 9.90. The van der Waals surface area contributed by atoms with Crippen molar-refractivity contribution in [3.63, 3.8) is 0 Å². The molecule has 0 amide bonds. The van der Waals surface area contributed by atoms with Crippen molar-refractivity contribution >= 4 is 10.0 Å². The third-order valence-electron chi connectivity index (χ3n) is 3.64. The molecule has 1 aliphatic rings. The molecule has 1 saturated heterocycles. The van der Waals surface area contributed by atoms with E-state index < -0.39 is 10.0 Å². The van der Waals surface area contributed by atoms with Crippen LogP contribution in [-0.4, -0.2) is 44.7 Å². The molecule has 0 spiro atoms. The van der Waals surface area contributed by atoms with Crippen LogP contribution in [0.5, 0.6) is 0 Å². The van der Waals surface area contributed by atoms with Crippen molar-refractivity contribution in [3.05, 3.63) is 0 Å². The molecule has 19 heavy (non-hydrogen) atoms. The van der Waals surface area contributed by atoms with Gasteiger partial charge in [-0.05, 0) is 46.1 Å². The van der Waals surface area contributed by atoms with Crippen LogP contribution in [0.25, 0.3) is 0 Å². The van der Waals surface area contributed by atoms with E-state index in [4.69, 9.17) is 5.26 Å². The molecule has 1 rings (SSSR count). The summed E-state index contributed by atoms with van der Waals surface area (Å²) >= 11 is 0. The summed E-state index contributed by atoms with van der Waals surface area (Å²) in [6, 6.07) is 2.71. The fraction of sp³-hybridized carbons (Fsp3) is 0.923. The van der Waals surface area contributed by atoms with Gasteiger partial charge in [-0.25, -0.2) is 12.7 Å². The van der Waals surface area contributed by atoms with E-state index in [1.807, 2.05) is 13.8 Å². The van der Waals surface area contributed by atoms with Crippen molar-refractivity contribution in [2.75, 3.05) is 25.9 Å². The first kappa shape index (κ1) is 16.4. The lowest BCUT2D eigenvalue weighted by molar-refractivity contribution is 0.287. The summed E-state index contributed by atoms with van der Waals surface area (Å²) in [5, 5.41) is 12.4. The highest BCUT2D eigenvalue weighted by atomic mass is 32.2. The molecule has 1 heterocycles. The van der Waals surface area contributed by atoms with Gasteiger partial charge in [0.25, 0.3) is 0 Å². The molecule has 0 atom stereocenters. The minimum Gasteiger partial charge on any atom is -0.314 e. The third-order valence-corrected chi connectivity index (χ3v) is 4.94. The van der Waals surface area contributed by atoms with Crippen LogP contribution >= 0.6 is 0 Å². The van der Waals surface area contributed by atoms with Crippen LogP contribution in [0.1, 0.15) is 39.5 Å². The first-order valence-corrected chi connectivity index (χ1v) is 8.69. The van der Waals surface area contributed by atoms with Crippen LogP contribution < -0.4 is 5.32 Å². The highest BCUT2D eigenvalue weighted by molar-refractivity contribution is 7.88. The second-order valence-corrected chi connectivity index (χ2v) is 7.97. The average molecular weight is 287 g/mol. The van der Waals surface area contributed by atoms with Gasteiger partial charge in [-0.1, -0.05) is 0 Å². The quantitative estimate of drug-likeness (QED) is 0.748. The van der Waals surface area contributed by atoms with E-state index in [1.54, 1.807) is 4.31 Å². The zero-order valence-corrected chi connectivity index (χ0v) is 13.0. The fourth-order valence-corrected chi connectivity index (χ4v) is 3.16. The highest BCUT2D eigenvalue weighted by Crippen LogP contribution is 2.20. The van der Waals surface area contributed by atoms with E-state index in [1.165, 1.54) is 6.26 Å². The molecular weight excluding hydrogens is 262 g/mol. The van der Waals surface area contributed by atoms with Crippen molar-refractivity contribution in [3.8, 4) is 6.07 Å². The number of sulfonamides is 1. The molecule has 110 valence electrons. The Bertz CT molecular complexity index is 418. The third kappa shape index (κ3) is 5.89. The predicted molar refractivity (Wildman–Crippen MR) is 76.1 cm³/mol. The van der Waals surface area contributed by atoms with Gasteiger partial charge in [-0.3, -0.25) is 0 Å². The molecule has 5 nitrogen and oxygen atoms in total. The maximum Gasteiger partial charge on any atom is 0.211 e. The smallest absolute Gasteiger partial charge is 0.211 e. The zero-order valence-electron chi connectivity index (χ0n) is 12.1. The molecular formula is C13H25N3O2S. The van der Waals surface area contributed by atoms with Crippen molar-refractivity contribution in [1.29, 1.82) is 5.26 Å². The van der Waals surface area contributed by atoms with Crippen molar-refractivity contribution in [1.82, 2.24) is 9.62 Å². The van der Waals surface area contributed by atoms with E-state index in [-0.39, 0.29) is 5.41 Å². The van der Waals surface area contributed by atoms with Gasteiger partial charge < -0.3 is 5.32 Å². The summed E-state index contributed by atoms with van der Waals surface area (Å²) in [6.07, 6.45) is 4.87. The normalized spacial score (nSPS) is 19.3. The summed E-state index contributed by atoms with van der Waals surface area (Å²) in [6.45, 7) is 6.03. The molecule has 0 bridgehead atoms. The summed E-state index contributed by atoms with van der Waals surface area (Å²) in [4.78, 5) is 0. The van der Waals surface area contributed by atoms with Gasteiger partial charge >= 0.3 is 0 Å². The Morgan fingerprint density at radius 2 is 1.95 bits per heavy atom. The molecule has 6 heteroatoms. The van der Waals surface area contributed by atoms with Crippen LogP contribution in [-0.2, 0) is 10.0 Å². The molecule has 1 aliphatic heterocycles. The van der Waals surface area contributed by atoms with Crippen LogP contribution in [0.2, 0.25) is 0 Å². The lowest BCUT2D eigenvalue weighted by Crippen LogP contribution is -2.44. The zero-order chi connectivity index (χ0) is 14.5. The molecule has 0 saturated carbocycles. The molecule has 0 radical (unpaired) electrons. The molecule has 0 aromatic carbocycles. The fourth-order valence-electron chi connectivity index (χ4n) is 2.28. The molecule has 1 fully saturated rings. The number of nitriles is 1. The standard InChI is InChI=1S/C13H25N3O2S/c1-13(2,11-14)7-4-8-15-12-5-9-16(10-6-12)19(3,17)18/h12,15H,4-10H2,1-3H3. The van der Waals surface area contributed by atoms with E-state index >= 15 is 0 Å². The number of nitrogens with zero attached hydrogens (tertiary/aromatic N) is 2. The lowest BCUT2D eigenvalue weighted by Gasteiger charge is -2.31. The van der Waals surface area contributed by atoms with Crippen molar-refractivity contribution in [2.24, 2.45) is 5.41 Å². The van der Waals surface area contributed by atoms with E-state index in [2.05, 4.69) is 11.4 Å². The Kier molecular flexibility index (Phi) is 5.78. The Morgan fingerprint density at radius 1 is 1.37 bits per heavy atom. The Hall–Kier alpha value is -0.640. The Balaban J connectivity index is 2.19. The molecule has 0 aromatic rings. The first-order valence-electron chi connectivity index (χ1n) is 6.84. The number of hydrogen-bond donors (Lipinski definition) is 1. The summed E-state index contributed by atoms with van der Waals surface area (Å²) in [7, 11) is -3.03. The van der Waals surface area contributed by atoms with Gasteiger partial charge in [0.05, 0.1) is 17.7 Å². The molecule has 0 unspecified atom stereocenters. The predicted octanol–water partition coefficient (Wildman–Crippen LogP) is 1.33. The van der Waals surface area contributed by atoms with Crippen LogP contribution in [0.3, 0.4) is 0 Å². The summed E-state index contributed by atoms with van der Waals surface area (Å²) in [5.41, 5.74) is -0.249. The minimum atomic E-state index is -3.03. The van der Waals surface area contributed by atoms with Gasteiger partial charge in [-0.2, -0.15) is 5.26 Å².